The number of sulfone groups is 1. The number of hydrogen-bond acceptors (Lipinski definition) is 7. The highest BCUT2D eigenvalue weighted by atomic mass is 35.5. The zero-order valence-electron chi connectivity index (χ0n) is 15.8. The molecule has 0 aliphatic heterocycles. The summed E-state index contributed by atoms with van der Waals surface area (Å²) in [5.41, 5.74) is 7.74. The van der Waals surface area contributed by atoms with Crippen LogP contribution in [0.25, 0.3) is 22.2 Å². The van der Waals surface area contributed by atoms with Crippen LogP contribution in [-0.4, -0.2) is 29.3 Å². The van der Waals surface area contributed by atoms with Crippen LogP contribution in [0.4, 0.5) is 5.82 Å². The third-order valence-electron chi connectivity index (χ3n) is 4.65. The van der Waals surface area contributed by atoms with Gasteiger partial charge in [0.1, 0.15) is 22.0 Å². The van der Waals surface area contributed by atoms with Gasteiger partial charge in [-0.05, 0) is 42.5 Å². The minimum atomic E-state index is -4.07. The van der Waals surface area contributed by atoms with Crippen LogP contribution in [-0.2, 0) is 9.84 Å². The molecular weight excluding hydrogens is 438 g/mol. The van der Waals surface area contributed by atoms with Crippen LogP contribution in [0.15, 0.2) is 86.2 Å². The highest BCUT2D eigenvalue weighted by molar-refractivity contribution is 7.92. The van der Waals surface area contributed by atoms with Crippen molar-refractivity contribution in [3.05, 3.63) is 77.7 Å². The third-order valence-corrected chi connectivity index (χ3v) is 6.70. The lowest BCUT2D eigenvalue weighted by Crippen LogP contribution is -2.06. The van der Waals surface area contributed by atoms with Crippen molar-refractivity contribution in [2.75, 3.05) is 5.73 Å². The summed E-state index contributed by atoms with van der Waals surface area (Å²) in [5.74, 6) is 0.349. The van der Waals surface area contributed by atoms with E-state index < -0.39 is 9.84 Å². The molecule has 0 radical (unpaired) electrons. The first-order valence-corrected chi connectivity index (χ1v) is 11.0. The molecule has 3 aromatic heterocycles. The van der Waals surface area contributed by atoms with Crippen LogP contribution in [0.1, 0.15) is 5.76 Å². The van der Waals surface area contributed by atoms with E-state index >= 15 is 0 Å². The highest BCUT2D eigenvalue weighted by Crippen LogP contribution is 2.35. The average molecular weight is 452 g/mol. The normalized spacial score (nSPS) is 12.3. The number of rotatable bonds is 4. The summed E-state index contributed by atoms with van der Waals surface area (Å²) < 4.78 is 33.5. The molecule has 8 nitrogen and oxygen atoms in total. The number of anilines is 1. The van der Waals surface area contributed by atoms with Gasteiger partial charge in [-0.3, -0.25) is 0 Å². The number of hydrogen-bond donors (Lipinski definition) is 1. The second-order valence-electron chi connectivity index (χ2n) is 6.63. The number of benzene rings is 2. The predicted molar refractivity (Wildman–Crippen MR) is 118 cm³/mol. The molecule has 0 aliphatic carbocycles. The van der Waals surface area contributed by atoms with Gasteiger partial charge in [-0.15, -0.1) is 0 Å². The molecule has 0 saturated carbocycles. The van der Waals surface area contributed by atoms with E-state index in [9.17, 15) is 8.42 Å². The Kier molecular flexibility index (Phi) is 4.49. The first kappa shape index (κ1) is 19.3. The molecule has 5 rings (SSSR count). The number of halogens is 1. The number of furan rings is 1. The number of para-hydroxylation sites is 2. The van der Waals surface area contributed by atoms with Gasteiger partial charge in [-0.1, -0.05) is 29.8 Å². The van der Waals surface area contributed by atoms with Crippen LogP contribution in [0.2, 0.25) is 5.02 Å². The quantitative estimate of drug-likeness (QED) is 0.410. The zero-order chi connectivity index (χ0) is 21.6. The smallest absolute Gasteiger partial charge is 0.212 e. The van der Waals surface area contributed by atoms with Crippen molar-refractivity contribution in [3.8, 4) is 0 Å². The van der Waals surface area contributed by atoms with E-state index in [0.717, 1.165) is 0 Å². The van der Waals surface area contributed by atoms with Crippen molar-refractivity contribution < 1.29 is 12.8 Å². The molecule has 0 fully saturated rings. The molecule has 2 aromatic carbocycles. The first-order chi connectivity index (χ1) is 14.9. The maximum atomic E-state index is 13.5. The van der Waals surface area contributed by atoms with E-state index in [4.69, 9.17) is 21.8 Å². The van der Waals surface area contributed by atoms with Crippen LogP contribution < -0.4 is 5.73 Å². The van der Waals surface area contributed by atoms with E-state index in [1.807, 2.05) is 6.07 Å². The van der Waals surface area contributed by atoms with Crippen molar-refractivity contribution in [3.63, 3.8) is 0 Å². The molecule has 0 spiro atoms. The van der Waals surface area contributed by atoms with Crippen molar-refractivity contribution in [1.29, 1.82) is 0 Å². The average Bonchev–Trinajstić information content (AvgIpc) is 3.36. The Hall–Kier alpha value is -3.69. The van der Waals surface area contributed by atoms with Gasteiger partial charge in [0.25, 0.3) is 0 Å². The van der Waals surface area contributed by atoms with Gasteiger partial charge in [0, 0.05) is 5.02 Å². The van der Waals surface area contributed by atoms with E-state index in [1.165, 1.54) is 29.3 Å². The van der Waals surface area contributed by atoms with Crippen molar-refractivity contribution in [2.45, 2.75) is 9.79 Å². The Morgan fingerprint density at radius 1 is 1.03 bits per heavy atom. The second-order valence-corrected chi connectivity index (χ2v) is 8.95. The summed E-state index contributed by atoms with van der Waals surface area (Å²) in [7, 11) is -4.07. The zero-order valence-corrected chi connectivity index (χ0v) is 17.4. The summed E-state index contributed by atoms with van der Waals surface area (Å²) in [5, 5.41) is 4.60. The molecule has 0 bridgehead atoms. The van der Waals surface area contributed by atoms with E-state index in [1.54, 1.807) is 42.5 Å². The fraction of sp³-hybridized carbons (Fsp3) is 0. The van der Waals surface area contributed by atoms with E-state index in [-0.39, 0.29) is 31.8 Å². The predicted octanol–water partition coefficient (Wildman–Crippen LogP) is 4.13. The van der Waals surface area contributed by atoms with Crippen LogP contribution >= 0.6 is 11.6 Å². The van der Waals surface area contributed by atoms with Crippen molar-refractivity contribution in [2.24, 2.45) is 5.10 Å². The van der Waals surface area contributed by atoms with Crippen LogP contribution in [0.5, 0.6) is 0 Å². The molecule has 0 saturated heterocycles. The molecule has 2 N–H and O–H groups in total. The molecule has 0 atom stereocenters. The molecular formula is C21H14ClN5O3S. The van der Waals surface area contributed by atoms with Crippen molar-refractivity contribution in [1.82, 2.24) is 14.6 Å². The Balaban J connectivity index is 1.83. The summed E-state index contributed by atoms with van der Waals surface area (Å²) in [6, 6.07) is 16.5. The number of nitrogens with two attached hydrogens (primary N) is 1. The molecule has 10 heteroatoms. The Morgan fingerprint density at radius 3 is 2.52 bits per heavy atom. The summed E-state index contributed by atoms with van der Waals surface area (Å²) in [6.45, 7) is 0. The molecule has 0 amide bonds. The van der Waals surface area contributed by atoms with Gasteiger partial charge in [0.15, 0.2) is 5.65 Å². The number of fused-ring (bicyclic) bond motifs is 2. The van der Waals surface area contributed by atoms with Gasteiger partial charge in [-0.2, -0.15) is 9.78 Å². The van der Waals surface area contributed by atoms with Crippen LogP contribution in [0.3, 0.4) is 0 Å². The van der Waals surface area contributed by atoms with Gasteiger partial charge < -0.3 is 10.2 Å². The molecule has 0 aliphatic rings. The number of nitrogens with zero attached hydrogens (tertiary/aromatic N) is 4. The number of aromatic nitrogens is 3. The topological polar surface area (TPSA) is 116 Å². The highest BCUT2D eigenvalue weighted by Gasteiger charge is 2.30. The molecule has 5 aromatic rings. The van der Waals surface area contributed by atoms with E-state index in [0.29, 0.717) is 16.8 Å². The Morgan fingerprint density at radius 2 is 1.81 bits per heavy atom. The third kappa shape index (κ3) is 3.24. The summed E-state index contributed by atoms with van der Waals surface area (Å²) in [4.78, 5) is 8.93. The SMILES string of the molecule is Nc1c(S(=O)(=O)c2cccc(Cl)c2)c2nc3ccccc3nc2n1/N=C\c1ccco1. The van der Waals surface area contributed by atoms with E-state index in [2.05, 4.69) is 15.1 Å². The van der Waals surface area contributed by atoms with Gasteiger partial charge in [0.05, 0.1) is 28.4 Å². The van der Waals surface area contributed by atoms with Gasteiger partial charge >= 0.3 is 0 Å². The minimum absolute atomic E-state index is 0.00396. The fourth-order valence-corrected chi connectivity index (χ4v) is 5.02. The lowest BCUT2D eigenvalue weighted by molar-refractivity contribution is 0.559. The monoisotopic (exact) mass is 451 g/mol. The molecule has 0 unspecified atom stereocenters. The largest absolute Gasteiger partial charge is 0.463 e. The standard InChI is InChI=1S/C21H14ClN5O3S/c22-13-5-3-7-15(11-13)31(28,29)19-18-21(26-17-9-2-1-8-16(17)25-18)27(20(19)23)24-12-14-6-4-10-30-14/h1-12H,23H2/b24-12-. The second kappa shape index (κ2) is 7.22. The maximum absolute atomic E-state index is 13.5. The molecule has 3 heterocycles. The maximum Gasteiger partial charge on any atom is 0.212 e. The van der Waals surface area contributed by atoms with Gasteiger partial charge in [0.2, 0.25) is 9.84 Å². The lowest BCUT2D eigenvalue weighted by atomic mass is 10.3. The minimum Gasteiger partial charge on any atom is -0.463 e. The summed E-state index contributed by atoms with van der Waals surface area (Å²) in [6.07, 6.45) is 2.92. The molecule has 154 valence electrons. The first-order valence-electron chi connectivity index (χ1n) is 9.10. The summed E-state index contributed by atoms with van der Waals surface area (Å²) >= 11 is 6.02. The fourth-order valence-electron chi connectivity index (χ4n) is 3.24. The molecule has 31 heavy (non-hydrogen) atoms. The number of nitrogen functional groups attached to an aromatic ring is 1. The Bertz CT molecular complexity index is 1570. The lowest BCUT2D eigenvalue weighted by Gasteiger charge is -2.05. The van der Waals surface area contributed by atoms with Crippen LogP contribution in [0, 0.1) is 0 Å². The Labute approximate surface area is 181 Å². The van der Waals surface area contributed by atoms with Crippen molar-refractivity contribution >= 4 is 55.7 Å². The van der Waals surface area contributed by atoms with Gasteiger partial charge in [-0.25, -0.2) is 18.4 Å².